The summed E-state index contributed by atoms with van der Waals surface area (Å²) in [6, 6.07) is 5.90. The first kappa shape index (κ1) is 23.5. The van der Waals surface area contributed by atoms with Crippen molar-refractivity contribution in [3.05, 3.63) is 29.6 Å². The average Bonchev–Trinajstić information content (AvgIpc) is 3.08. The van der Waals surface area contributed by atoms with Gasteiger partial charge >= 0.3 is 0 Å². The molecular formula is C24H36FN7O. The molecular weight excluding hydrogens is 421 g/mol. The Morgan fingerprint density at radius 2 is 1.76 bits per heavy atom. The van der Waals surface area contributed by atoms with Crippen LogP contribution in [0.25, 0.3) is 0 Å². The van der Waals surface area contributed by atoms with Crippen molar-refractivity contribution < 1.29 is 9.13 Å². The minimum atomic E-state index is -0.371. The van der Waals surface area contributed by atoms with Gasteiger partial charge in [-0.25, -0.2) is 4.39 Å². The van der Waals surface area contributed by atoms with E-state index in [9.17, 15) is 4.39 Å². The molecule has 9 heteroatoms. The van der Waals surface area contributed by atoms with E-state index in [-0.39, 0.29) is 35.6 Å². The summed E-state index contributed by atoms with van der Waals surface area (Å²) in [6.07, 6.45) is 10.8. The van der Waals surface area contributed by atoms with Gasteiger partial charge < -0.3 is 26.4 Å². The molecule has 4 rings (SSSR count). The number of rotatable bonds is 7. The molecule has 0 spiro atoms. The molecule has 0 atom stereocenters. The van der Waals surface area contributed by atoms with E-state index in [2.05, 4.69) is 20.2 Å². The lowest BCUT2D eigenvalue weighted by molar-refractivity contribution is 0.386. The Morgan fingerprint density at radius 1 is 1.03 bits per heavy atom. The van der Waals surface area contributed by atoms with Crippen molar-refractivity contribution >= 4 is 17.8 Å². The number of ether oxygens (including phenoxy) is 1. The van der Waals surface area contributed by atoms with Gasteiger partial charge in [-0.15, -0.1) is 0 Å². The standard InChI is InChI=1S/C24H36FN7O/c1-33-21-13-8-16(14-20(21)25)15-32(19-6-4-2-3-5-7-19)24-30-22(27)29-23(31-24)28-18-11-9-17(26)10-12-18/h8,13-14,17-19H,2-7,9-12,15,26H2,1H3,(H3,27,28,29,30,31). The van der Waals surface area contributed by atoms with E-state index in [1.54, 1.807) is 6.07 Å². The third-order valence-electron chi connectivity index (χ3n) is 6.84. The van der Waals surface area contributed by atoms with Crippen LogP contribution in [0.4, 0.5) is 22.2 Å². The van der Waals surface area contributed by atoms with Crippen LogP contribution in [0.15, 0.2) is 18.2 Å². The number of anilines is 3. The summed E-state index contributed by atoms with van der Waals surface area (Å²) in [4.78, 5) is 15.8. The SMILES string of the molecule is COc1ccc(CN(c2nc(N)nc(NC3CCC(N)CC3)n2)C2CCCCCC2)cc1F. The topological polar surface area (TPSA) is 115 Å². The molecule has 0 bridgehead atoms. The van der Waals surface area contributed by atoms with Gasteiger partial charge in [0.15, 0.2) is 11.6 Å². The van der Waals surface area contributed by atoms with Crippen LogP contribution >= 0.6 is 0 Å². The van der Waals surface area contributed by atoms with Crippen molar-refractivity contribution in [1.29, 1.82) is 0 Å². The van der Waals surface area contributed by atoms with Crippen molar-refractivity contribution in [3.8, 4) is 5.75 Å². The van der Waals surface area contributed by atoms with E-state index in [1.165, 1.54) is 26.0 Å². The Morgan fingerprint density at radius 3 is 2.42 bits per heavy atom. The Labute approximate surface area is 195 Å². The van der Waals surface area contributed by atoms with Crippen LogP contribution in [-0.2, 0) is 6.54 Å². The zero-order valence-electron chi connectivity index (χ0n) is 19.5. The average molecular weight is 458 g/mol. The number of nitrogens with one attached hydrogen (secondary N) is 1. The highest BCUT2D eigenvalue weighted by Gasteiger charge is 2.25. The first-order chi connectivity index (χ1) is 16.0. The first-order valence-corrected chi connectivity index (χ1v) is 12.1. The third-order valence-corrected chi connectivity index (χ3v) is 6.84. The summed E-state index contributed by atoms with van der Waals surface area (Å²) in [5, 5.41) is 3.44. The lowest BCUT2D eigenvalue weighted by atomic mass is 9.92. The molecule has 1 heterocycles. The highest BCUT2D eigenvalue weighted by atomic mass is 19.1. The molecule has 33 heavy (non-hydrogen) atoms. The molecule has 1 aromatic heterocycles. The summed E-state index contributed by atoms with van der Waals surface area (Å²) in [6.45, 7) is 0.493. The van der Waals surface area contributed by atoms with E-state index >= 15 is 0 Å². The second-order valence-corrected chi connectivity index (χ2v) is 9.32. The Kier molecular flexibility index (Phi) is 7.80. The van der Waals surface area contributed by atoms with E-state index in [4.69, 9.17) is 21.2 Å². The lowest BCUT2D eigenvalue weighted by Gasteiger charge is -2.32. The van der Waals surface area contributed by atoms with Gasteiger partial charge in [-0.1, -0.05) is 31.7 Å². The van der Waals surface area contributed by atoms with Crippen LogP contribution in [0.1, 0.15) is 69.8 Å². The minimum Gasteiger partial charge on any atom is -0.494 e. The van der Waals surface area contributed by atoms with Gasteiger partial charge in [0.05, 0.1) is 7.11 Å². The van der Waals surface area contributed by atoms with Gasteiger partial charge in [0.2, 0.25) is 17.8 Å². The van der Waals surface area contributed by atoms with Crippen molar-refractivity contribution in [2.45, 2.75) is 88.9 Å². The fourth-order valence-corrected chi connectivity index (χ4v) is 4.96. The lowest BCUT2D eigenvalue weighted by Crippen LogP contribution is -2.37. The maximum absolute atomic E-state index is 14.4. The monoisotopic (exact) mass is 457 g/mol. The highest BCUT2D eigenvalue weighted by molar-refractivity contribution is 5.44. The first-order valence-electron chi connectivity index (χ1n) is 12.1. The predicted octanol–water partition coefficient (Wildman–Crippen LogP) is 4.01. The van der Waals surface area contributed by atoms with Crippen molar-refractivity contribution in [2.24, 2.45) is 5.73 Å². The minimum absolute atomic E-state index is 0.189. The van der Waals surface area contributed by atoms with Crippen molar-refractivity contribution in [1.82, 2.24) is 15.0 Å². The van der Waals surface area contributed by atoms with Crippen molar-refractivity contribution in [2.75, 3.05) is 23.1 Å². The Bertz CT molecular complexity index is 912. The summed E-state index contributed by atoms with van der Waals surface area (Å²) in [7, 11) is 1.47. The van der Waals surface area contributed by atoms with E-state index in [0.29, 0.717) is 18.4 Å². The second-order valence-electron chi connectivity index (χ2n) is 9.32. The quantitative estimate of drug-likeness (QED) is 0.534. The number of aromatic nitrogens is 3. The fraction of sp³-hybridized carbons (Fsp3) is 0.625. The molecule has 0 aliphatic heterocycles. The Balaban J connectivity index is 1.60. The van der Waals surface area contributed by atoms with Crippen LogP contribution < -0.4 is 26.4 Å². The van der Waals surface area contributed by atoms with Crippen LogP contribution in [0.2, 0.25) is 0 Å². The summed E-state index contributed by atoms with van der Waals surface area (Å²) in [5.74, 6) is 1.10. The fourth-order valence-electron chi connectivity index (χ4n) is 4.96. The smallest absolute Gasteiger partial charge is 0.232 e. The molecule has 2 saturated carbocycles. The molecule has 2 aromatic rings. The largest absolute Gasteiger partial charge is 0.494 e. The number of nitrogens with zero attached hydrogens (tertiary/aromatic N) is 4. The van der Waals surface area contributed by atoms with Crippen molar-refractivity contribution in [3.63, 3.8) is 0 Å². The van der Waals surface area contributed by atoms with Gasteiger partial charge in [-0.2, -0.15) is 15.0 Å². The number of benzene rings is 1. The zero-order chi connectivity index (χ0) is 23.2. The van der Waals surface area contributed by atoms with Gasteiger partial charge in [-0.3, -0.25) is 0 Å². The molecule has 180 valence electrons. The summed E-state index contributed by atoms with van der Waals surface area (Å²) >= 11 is 0. The van der Waals surface area contributed by atoms with Gasteiger partial charge in [0.1, 0.15) is 0 Å². The number of methoxy groups -OCH3 is 1. The molecule has 2 fully saturated rings. The normalized spacial score (nSPS) is 21.9. The van der Waals surface area contributed by atoms with Crippen LogP contribution in [0.3, 0.4) is 0 Å². The maximum atomic E-state index is 14.4. The van der Waals surface area contributed by atoms with Crippen LogP contribution in [-0.4, -0.2) is 40.2 Å². The number of hydrogen-bond acceptors (Lipinski definition) is 8. The highest BCUT2D eigenvalue weighted by Crippen LogP contribution is 2.29. The number of nitrogen functional groups attached to an aromatic ring is 1. The summed E-state index contributed by atoms with van der Waals surface area (Å²) < 4.78 is 19.5. The van der Waals surface area contributed by atoms with E-state index in [0.717, 1.165) is 56.9 Å². The molecule has 2 aliphatic rings. The molecule has 0 unspecified atom stereocenters. The molecule has 0 radical (unpaired) electrons. The van der Waals surface area contributed by atoms with E-state index < -0.39 is 0 Å². The number of nitrogens with two attached hydrogens (primary N) is 2. The third kappa shape index (κ3) is 6.22. The molecule has 5 N–H and O–H groups in total. The second kappa shape index (κ2) is 11.0. The van der Waals surface area contributed by atoms with Gasteiger partial charge in [-0.05, 0) is 56.2 Å². The van der Waals surface area contributed by atoms with Crippen LogP contribution in [0.5, 0.6) is 5.75 Å². The molecule has 0 amide bonds. The predicted molar refractivity (Wildman–Crippen MR) is 129 cm³/mol. The molecule has 1 aromatic carbocycles. The van der Waals surface area contributed by atoms with Crippen LogP contribution in [0, 0.1) is 5.82 Å². The molecule has 0 saturated heterocycles. The molecule has 2 aliphatic carbocycles. The number of hydrogen-bond donors (Lipinski definition) is 3. The van der Waals surface area contributed by atoms with Gasteiger partial charge in [0.25, 0.3) is 0 Å². The zero-order valence-corrected chi connectivity index (χ0v) is 19.5. The molecule has 8 nitrogen and oxygen atoms in total. The van der Waals surface area contributed by atoms with Gasteiger partial charge in [0, 0.05) is 24.7 Å². The Hall–Kier alpha value is -2.68. The maximum Gasteiger partial charge on any atom is 0.232 e. The summed E-state index contributed by atoms with van der Waals surface area (Å²) in [5.41, 5.74) is 13.0. The van der Waals surface area contributed by atoms with E-state index in [1.807, 2.05) is 6.07 Å². The number of halogens is 1.